The molecule has 1 rings (SSSR count). The fourth-order valence-corrected chi connectivity index (χ4v) is 2.76. The van der Waals surface area contributed by atoms with Crippen molar-refractivity contribution in [3.63, 3.8) is 0 Å². The van der Waals surface area contributed by atoms with Crippen LogP contribution < -0.4 is 4.90 Å². The third-order valence-corrected chi connectivity index (χ3v) is 3.95. The molecule has 18 heavy (non-hydrogen) atoms. The fraction of sp³-hybridized carbons (Fsp3) is 0.300. The van der Waals surface area contributed by atoms with Crippen molar-refractivity contribution in [2.24, 2.45) is 0 Å². The maximum atomic E-state index is 10.8. The van der Waals surface area contributed by atoms with E-state index in [9.17, 15) is 8.42 Å². The number of anilines is 1. The minimum atomic E-state index is -3.56. The summed E-state index contributed by atoms with van der Waals surface area (Å²) in [7, 11) is 1.53. The van der Waals surface area contributed by atoms with Crippen LogP contribution in [0.2, 0.25) is 10.0 Å². The highest BCUT2D eigenvalue weighted by Crippen LogP contribution is 2.33. The highest BCUT2D eigenvalue weighted by molar-refractivity contribution is 8.13. The number of hydrogen-bond acceptors (Lipinski definition) is 4. The molecule has 8 heteroatoms. The Labute approximate surface area is 120 Å². The molecule has 0 aliphatic heterocycles. The van der Waals surface area contributed by atoms with Crippen LogP contribution in [0.1, 0.15) is 6.42 Å². The molecule has 0 heterocycles. The van der Waals surface area contributed by atoms with Gasteiger partial charge in [0.2, 0.25) is 9.05 Å². The van der Waals surface area contributed by atoms with Crippen molar-refractivity contribution in [2.75, 3.05) is 17.2 Å². The average molecular weight is 328 g/mol. The predicted octanol–water partition coefficient (Wildman–Crippen LogP) is 3.24. The SMILES string of the molecule is N#CN(CCCS(=O)(=O)Cl)c1c(Cl)cccc1Cl. The molecule has 0 aromatic heterocycles. The minimum Gasteiger partial charge on any atom is -0.276 e. The van der Waals surface area contributed by atoms with Crippen LogP contribution in [0.25, 0.3) is 0 Å². The van der Waals surface area contributed by atoms with E-state index in [0.29, 0.717) is 15.7 Å². The number of nitrogens with zero attached hydrogens (tertiary/aromatic N) is 2. The molecule has 0 unspecified atom stereocenters. The predicted molar refractivity (Wildman–Crippen MR) is 73.7 cm³/mol. The lowest BCUT2D eigenvalue weighted by molar-refractivity contribution is 0.607. The summed E-state index contributed by atoms with van der Waals surface area (Å²) in [4.78, 5) is 1.24. The molecule has 1 aromatic rings. The topological polar surface area (TPSA) is 61.2 Å². The molecule has 4 nitrogen and oxygen atoms in total. The lowest BCUT2D eigenvalue weighted by Gasteiger charge is -2.17. The number of hydrogen-bond donors (Lipinski definition) is 0. The Bertz CT molecular complexity index is 549. The first-order valence-corrected chi connectivity index (χ1v) is 8.12. The van der Waals surface area contributed by atoms with Crippen LogP contribution in [-0.4, -0.2) is 20.7 Å². The van der Waals surface area contributed by atoms with Gasteiger partial charge in [-0.2, -0.15) is 5.26 Å². The van der Waals surface area contributed by atoms with Gasteiger partial charge in [0.05, 0.1) is 21.5 Å². The smallest absolute Gasteiger partial charge is 0.232 e. The Morgan fingerprint density at radius 2 is 1.83 bits per heavy atom. The minimum absolute atomic E-state index is 0.173. The Morgan fingerprint density at radius 1 is 1.28 bits per heavy atom. The van der Waals surface area contributed by atoms with Gasteiger partial charge in [-0.3, -0.25) is 4.90 Å². The van der Waals surface area contributed by atoms with Crippen LogP contribution in [0.3, 0.4) is 0 Å². The second kappa shape index (κ2) is 6.48. The summed E-state index contributed by atoms with van der Waals surface area (Å²) in [5, 5.41) is 9.70. The van der Waals surface area contributed by atoms with E-state index in [1.165, 1.54) is 4.90 Å². The Morgan fingerprint density at radius 3 is 2.28 bits per heavy atom. The van der Waals surface area contributed by atoms with E-state index < -0.39 is 9.05 Å². The summed E-state index contributed by atoms with van der Waals surface area (Å²) >= 11 is 11.9. The van der Waals surface area contributed by atoms with Gasteiger partial charge in [-0.15, -0.1) is 0 Å². The van der Waals surface area contributed by atoms with Crippen LogP contribution in [-0.2, 0) is 9.05 Å². The Hall–Kier alpha value is -0.670. The van der Waals surface area contributed by atoms with E-state index in [4.69, 9.17) is 39.1 Å². The number of halogens is 3. The third-order valence-electron chi connectivity index (χ3n) is 2.10. The van der Waals surface area contributed by atoms with Gasteiger partial charge in [0.25, 0.3) is 0 Å². The molecule has 0 saturated heterocycles. The maximum Gasteiger partial charge on any atom is 0.232 e. The van der Waals surface area contributed by atoms with Gasteiger partial charge in [-0.05, 0) is 18.6 Å². The molecule has 0 spiro atoms. The van der Waals surface area contributed by atoms with Gasteiger partial charge in [-0.1, -0.05) is 29.3 Å². The van der Waals surface area contributed by atoms with Gasteiger partial charge in [-0.25, -0.2) is 8.42 Å². The standard InChI is InChI=1S/C10H9Cl3N2O2S/c11-8-3-1-4-9(12)10(8)15(7-14)5-2-6-18(13,16)17/h1,3-4H,2,5-6H2. The second-order valence-corrected chi connectivity index (χ2v) is 7.13. The zero-order valence-corrected chi connectivity index (χ0v) is 12.2. The molecular weight excluding hydrogens is 319 g/mol. The number of rotatable bonds is 5. The molecule has 0 radical (unpaired) electrons. The Balaban J connectivity index is 2.82. The van der Waals surface area contributed by atoms with Gasteiger partial charge >= 0.3 is 0 Å². The van der Waals surface area contributed by atoms with Crippen molar-refractivity contribution in [1.29, 1.82) is 5.26 Å². The quantitative estimate of drug-likeness (QED) is 0.473. The third kappa shape index (κ3) is 4.54. The average Bonchev–Trinajstić information content (AvgIpc) is 2.25. The molecule has 0 aliphatic carbocycles. The number of para-hydroxylation sites is 1. The van der Waals surface area contributed by atoms with Crippen LogP contribution in [0.5, 0.6) is 0 Å². The molecule has 1 aromatic carbocycles. The molecule has 0 atom stereocenters. The second-order valence-electron chi connectivity index (χ2n) is 3.42. The first-order valence-electron chi connectivity index (χ1n) is 4.89. The van der Waals surface area contributed by atoms with Crippen LogP contribution in [0.4, 0.5) is 5.69 Å². The molecule has 0 N–H and O–H groups in total. The zero-order chi connectivity index (χ0) is 13.8. The van der Waals surface area contributed by atoms with E-state index in [0.717, 1.165) is 0 Å². The molecule has 98 valence electrons. The summed E-state index contributed by atoms with van der Waals surface area (Å²) in [6.07, 6.45) is 2.12. The number of nitriles is 1. The first kappa shape index (κ1) is 15.4. The summed E-state index contributed by atoms with van der Waals surface area (Å²) in [5.41, 5.74) is 0.371. The van der Waals surface area contributed by atoms with Crippen molar-refractivity contribution in [2.45, 2.75) is 6.42 Å². The summed E-state index contributed by atoms with van der Waals surface area (Å²) in [6.45, 7) is 0.173. The largest absolute Gasteiger partial charge is 0.276 e. The lowest BCUT2D eigenvalue weighted by atomic mass is 10.3. The van der Waals surface area contributed by atoms with Crippen molar-refractivity contribution in [3.8, 4) is 6.19 Å². The normalized spacial score (nSPS) is 11.0. The lowest BCUT2D eigenvalue weighted by Crippen LogP contribution is -2.20. The van der Waals surface area contributed by atoms with Crippen molar-refractivity contribution in [3.05, 3.63) is 28.2 Å². The van der Waals surface area contributed by atoms with E-state index in [1.54, 1.807) is 18.2 Å². The van der Waals surface area contributed by atoms with Gasteiger partial charge < -0.3 is 0 Å². The van der Waals surface area contributed by atoms with Crippen LogP contribution in [0, 0.1) is 11.5 Å². The summed E-state index contributed by atoms with van der Waals surface area (Å²) < 4.78 is 21.6. The van der Waals surface area contributed by atoms with Crippen LogP contribution >= 0.6 is 33.9 Å². The van der Waals surface area contributed by atoms with E-state index in [2.05, 4.69) is 0 Å². The van der Waals surface area contributed by atoms with Crippen molar-refractivity contribution < 1.29 is 8.42 Å². The molecule has 0 saturated carbocycles. The number of benzene rings is 1. The van der Waals surface area contributed by atoms with Crippen LogP contribution in [0.15, 0.2) is 18.2 Å². The molecule has 0 amide bonds. The Kier molecular flexibility index (Phi) is 5.54. The summed E-state index contributed by atoms with van der Waals surface area (Å²) in [6, 6.07) is 4.86. The molecule has 0 fully saturated rings. The first-order chi connectivity index (χ1) is 8.35. The highest BCUT2D eigenvalue weighted by atomic mass is 35.7. The van der Waals surface area contributed by atoms with Gasteiger partial charge in [0.1, 0.15) is 0 Å². The van der Waals surface area contributed by atoms with Gasteiger partial charge in [0, 0.05) is 17.2 Å². The monoisotopic (exact) mass is 326 g/mol. The maximum absolute atomic E-state index is 10.8. The van der Waals surface area contributed by atoms with Crippen molar-refractivity contribution in [1.82, 2.24) is 0 Å². The van der Waals surface area contributed by atoms with E-state index >= 15 is 0 Å². The van der Waals surface area contributed by atoms with Crippen molar-refractivity contribution >= 4 is 48.6 Å². The van der Waals surface area contributed by atoms with E-state index in [-0.39, 0.29) is 18.7 Å². The molecule has 0 bridgehead atoms. The van der Waals surface area contributed by atoms with E-state index in [1.807, 2.05) is 6.19 Å². The molecular formula is C10H9Cl3N2O2S. The fourth-order valence-electron chi connectivity index (χ4n) is 1.35. The summed E-state index contributed by atoms with van der Waals surface area (Å²) in [5.74, 6) is -0.213. The molecule has 0 aliphatic rings. The highest BCUT2D eigenvalue weighted by Gasteiger charge is 2.15. The zero-order valence-electron chi connectivity index (χ0n) is 9.11. The van der Waals surface area contributed by atoms with Gasteiger partial charge in [0.15, 0.2) is 6.19 Å².